The van der Waals surface area contributed by atoms with Crippen molar-refractivity contribution in [1.29, 1.82) is 0 Å². The van der Waals surface area contributed by atoms with Gasteiger partial charge in [-0.2, -0.15) is 0 Å². The highest BCUT2D eigenvalue weighted by atomic mass is 16.5. The number of carbonyl (C=O) groups is 1. The highest BCUT2D eigenvalue weighted by molar-refractivity contribution is 5.83. The molecule has 0 amide bonds. The summed E-state index contributed by atoms with van der Waals surface area (Å²) in [6.45, 7) is 3.58. The van der Waals surface area contributed by atoms with Crippen LogP contribution in [0, 0.1) is 0 Å². The summed E-state index contributed by atoms with van der Waals surface area (Å²) >= 11 is 0. The smallest absolute Gasteiger partial charge is 0.334 e. The van der Waals surface area contributed by atoms with E-state index in [2.05, 4.69) is 6.58 Å². The molecule has 0 unspecified atom stereocenters. The maximum Gasteiger partial charge on any atom is 0.334 e. The third kappa shape index (κ3) is 2.12. The molecule has 0 bridgehead atoms. The van der Waals surface area contributed by atoms with Crippen molar-refractivity contribution in [3.63, 3.8) is 0 Å². The van der Waals surface area contributed by atoms with Crippen LogP contribution in [0.4, 0.5) is 0 Å². The predicted octanol–water partition coefficient (Wildman–Crippen LogP) is 1.41. The Morgan fingerprint density at radius 2 is 2.67 bits per heavy atom. The Kier molecular flexibility index (Phi) is 2.91. The zero-order valence-electron chi connectivity index (χ0n) is 7.08. The summed E-state index contributed by atoms with van der Waals surface area (Å²) in [4.78, 5) is 10.9. The first kappa shape index (κ1) is 8.84. The van der Waals surface area contributed by atoms with Gasteiger partial charge < -0.3 is 9.47 Å². The number of cyclic esters (lactones) is 1. The lowest BCUT2D eigenvalue weighted by Gasteiger charge is -2.20. The molecular weight excluding hydrogens is 156 g/mol. The van der Waals surface area contributed by atoms with Crippen LogP contribution in [0.2, 0.25) is 0 Å². The number of hydrogen-bond acceptors (Lipinski definition) is 3. The summed E-state index contributed by atoms with van der Waals surface area (Å²) in [5, 5.41) is 0. The summed E-state index contributed by atoms with van der Waals surface area (Å²) in [7, 11) is 1.55. The zero-order valence-corrected chi connectivity index (χ0v) is 7.08. The van der Waals surface area contributed by atoms with Crippen LogP contribution in [0.5, 0.6) is 0 Å². The number of ether oxygens (including phenoxy) is 2. The van der Waals surface area contributed by atoms with Crippen molar-refractivity contribution in [3.8, 4) is 0 Å². The minimum Gasteiger partial charge on any atom is -0.501 e. The molecule has 0 aromatic heterocycles. The average Bonchev–Trinajstić information content (AvgIpc) is 2.04. The molecule has 1 heterocycles. The van der Waals surface area contributed by atoms with E-state index in [9.17, 15) is 4.79 Å². The Hall–Kier alpha value is -1.25. The molecule has 1 aliphatic rings. The number of esters is 1. The lowest BCUT2D eigenvalue weighted by molar-refractivity contribution is -0.145. The summed E-state index contributed by atoms with van der Waals surface area (Å²) in [5.41, 5.74) is 0. The highest BCUT2D eigenvalue weighted by Gasteiger charge is 2.20. The molecule has 1 rings (SSSR count). The van der Waals surface area contributed by atoms with E-state index in [4.69, 9.17) is 9.47 Å². The Morgan fingerprint density at radius 3 is 3.25 bits per heavy atom. The van der Waals surface area contributed by atoms with Crippen LogP contribution in [-0.2, 0) is 14.3 Å². The second kappa shape index (κ2) is 3.95. The Labute approximate surface area is 71.7 Å². The normalized spacial score (nSPS) is 22.6. The van der Waals surface area contributed by atoms with Gasteiger partial charge in [-0.25, -0.2) is 4.79 Å². The molecule has 0 fully saturated rings. The number of carbonyl (C=O) groups excluding carboxylic acids is 1. The molecule has 0 aromatic rings. The quantitative estimate of drug-likeness (QED) is 0.472. The van der Waals surface area contributed by atoms with E-state index in [-0.39, 0.29) is 12.1 Å². The minimum absolute atomic E-state index is 0.102. The first-order valence-electron chi connectivity index (χ1n) is 3.82. The van der Waals surface area contributed by atoms with E-state index in [0.717, 1.165) is 0 Å². The first-order valence-corrected chi connectivity index (χ1v) is 3.82. The van der Waals surface area contributed by atoms with Gasteiger partial charge >= 0.3 is 5.97 Å². The topological polar surface area (TPSA) is 35.5 Å². The fourth-order valence-corrected chi connectivity index (χ4v) is 1.11. The van der Waals surface area contributed by atoms with E-state index in [1.807, 2.05) is 0 Å². The van der Waals surface area contributed by atoms with Crippen LogP contribution in [0.1, 0.15) is 12.8 Å². The molecule has 1 aliphatic heterocycles. The molecule has 0 aliphatic carbocycles. The molecule has 66 valence electrons. The van der Waals surface area contributed by atoms with Gasteiger partial charge in [0, 0.05) is 12.8 Å². The van der Waals surface area contributed by atoms with Crippen molar-refractivity contribution < 1.29 is 14.3 Å². The van der Waals surface area contributed by atoms with Crippen LogP contribution >= 0.6 is 0 Å². The van der Waals surface area contributed by atoms with E-state index < -0.39 is 0 Å². The molecule has 0 saturated carbocycles. The SMILES string of the molecule is C=CC[C@@H]1CC(OC)=CC(=O)O1. The second-order valence-corrected chi connectivity index (χ2v) is 2.60. The molecule has 1 atom stereocenters. The van der Waals surface area contributed by atoms with Gasteiger partial charge in [0.1, 0.15) is 11.9 Å². The van der Waals surface area contributed by atoms with Crippen molar-refractivity contribution in [3.05, 3.63) is 24.5 Å². The standard InChI is InChI=1S/C9H12O3/c1-3-4-7-5-8(11-2)6-9(10)12-7/h3,6-7H,1,4-5H2,2H3/t7-/m1/s1. The van der Waals surface area contributed by atoms with Gasteiger partial charge in [-0.3, -0.25) is 0 Å². The van der Waals surface area contributed by atoms with E-state index in [0.29, 0.717) is 18.6 Å². The zero-order chi connectivity index (χ0) is 8.97. The van der Waals surface area contributed by atoms with Crippen molar-refractivity contribution in [2.75, 3.05) is 7.11 Å². The fourth-order valence-electron chi connectivity index (χ4n) is 1.11. The van der Waals surface area contributed by atoms with Crippen LogP contribution in [-0.4, -0.2) is 19.2 Å². The lowest BCUT2D eigenvalue weighted by atomic mass is 10.1. The van der Waals surface area contributed by atoms with Crippen LogP contribution in [0.15, 0.2) is 24.5 Å². The fraction of sp³-hybridized carbons (Fsp3) is 0.444. The summed E-state index contributed by atoms with van der Waals surface area (Å²) in [5.74, 6) is 0.350. The van der Waals surface area contributed by atoms with Gasteiger partial charge in [-0.05, 0) is 0 Å². The van der Waals surface area contributed by atoms with Gasteiger partial charge in [0.2, 0.25) is 0 Å². The molecule has 3 nitrogen and oxygen atoms in total. The van der Waals surface area contributed by atoms with Gasteiger partial charge in [-0.15, -0.1) is 6.58 Å². The Bertz CT molecular complexity index is 218. The molecule has 0 radical (unpaired) electrons. The number of rotatable bonds is 3. The highest BCUT2D eigenvalue weighted by Crippen LogP contribution is 2.18. The maximum atomic E-state index is 10.9. The molecule has 3 heteroatoms. The van der Waals surface area contributed by atoms with Crippen molar-refractivity contribution >= 4 is 5.97 Å². The third-order valence-electron chi connectivity index (χ3n) is 1.68. The monoisotopic (exact) mass is 168 g/mol. The summed E-state index contributed by atoms with van der Waals surface area (Å²) in [6, 6.07) is 0. The minimum atomic E-state index is -0.329. The van der Waals surface area contributed by atoms with E-state index in [1.165, 1.54) is 6.08 Å². The van der Waals surface area contributed by atoms with Gasteiger partial charge in [0.25, 0.3) is 0 Å². The maximum absolute atomic E-state index is 10.9. The first-order chi connectivity index (χ1) is 5.76. The summed E-state index contributed by atoms with van der Waals surface area (Å²) < 4.78 is 9.96. The number of methoxy groups -OCH3 is 1. The van der Waals surface area contributed by atoms with Gasteiger partial charge in [0.15, 0.2) is 0 Å². The van der Waals surface area contributed by atoms with Crippen molar-refractivity contribution in [2.45, 2.75) is 18.9 Å². The molecule has 12 heavy (non-hydrogen) atoms. The molecule has 0 spiro atoms. The van der Waals surface area contributed by atoms with Crippen molar-refractivity contribution in [2.24, 2.45) is 0 Å². The molecule has 0 N–H and O–H groups in total. The Balaban J connectivity index is 2.59. The molecule has 0 saturated heterocycles. The molecular formula is C9H12O3. The Morgan fingerprint density at radius 1 is 1.92 bits per heavy atom. The van der Waals surface area contributed by atoms with Crippen molar-refractivity contribution in [1.82, 2.24) is 0 Å². The average molecular weight is 168 g/mol. The number of hydrogen-bond donors (Lipinski definition) is 0. The summed E-state index contributed by atoms with van der Waals surface area (Å²) in [6.07, 6.45) is 4.33. The lowest BCUT2D eigenvalue weighted by Crippen LogP contribution is -2.22. The van der Waals surface area contributed by atoms with Crippen LogP contribution in [0.3, 0.4) is 0 Å². The third-order valence-corrected chi connectivity index (χ3v) is 1.68. The van der Waals surface area contributed by atoms with Crippen LogP contribution < -0.4 is 0 Å². The van der Waals surface area contributed by atoms with Crippen LogP contribution in [0.25, 0.3) is 0 Å². The largest absolute Gasteiger partial charge is 0.501 e. The van der Waals surface area contributed by atoms with Gasteiger partial charge in [-0.1, -0.05) is 6.08 Å². The van der Waals surface area contributed by atoms with Gasteiger partial charge in [0.05, 0.1) is 13.2 Å². The van der Waals surface area contributed by atoms with E-state index in [1.54, 1.807) is 13.2 Å². The predicted molar refractivity (Wildman–Crippen MR) is 44.4 cm³/mol. The second-order valence-electron chi connectivity index (χ2n) is 2.60. The van der Waals surface area contributed by atoms with E-state index >= 15 is 0 Å². The molecule has 0 aromatic carbocycles.